The van der Waals surface area contributed by atoms with Gasteiger partial charge >= 0.3 is 0 Å². The molecular formula is C9H11NO6. The van der Waals surface area contributed by atoms with Gasteiger partial charge in [-0.15, -0.1) is 0 Å². The highest BCUT2D eigenvalue weighted by molar-refractivity contribution is 5.18. The number of nitrogens with zero attached hydrogens (tertiary/aromatic N) is 1. The maximum absolute atomic E-state index is 11.3. The number of aliphatic hydroxyl groups excluding tert-OH is 1. The summed E-state index contributed by atoms with van der Waals surface area (Å²) in [5.74, 6) is -0.181. The van der Waals surface area contributed by atoms with Gasteiger partial charge in [-0.3, -0.25) is 14.9 Å². The van der Waals surface area contributed by atoms with Crippen LogP contribution in [-0.4, -0.2) is 23.2 Å². The SMILES string of the molecule is COc1coc(C(O)C(C)[N+](=O)[O-])cc1=O. The quantitative estimate of drug-likeness (QED) is 0.590. The minimum Gasteiger partial charge on any atom is -0.490 e. The Labute approximate surface area is 90.4 Å². The Morgan fingerprint density at radius 3 is 2.69 bits per heavy atom. The molecule has 0 saturated carbocycles. The Bertz CT molecular complexity index is 440. The average Bonchev–Trinajstić information content (AvgIpc) is 2.26. The second-order valence-corrected chi connectivity index (χ2v) is 3.19. The van der Waals surface area contributed by atoms with Crippen LogP contribution in [0.25, 0.3) is 0 Å². The molecule has 0 radical (unpaired) electrons. The molecule has 16 heavy (non-hydrogen) atoms. The van der Waals surface area contributed by atoms with Crippen LogP contribution in [0.2, 0.25) is 0 Å². The minimum absolute atomic E-state index is 0.0234. The molecule has 1 rings (SSSR count). The lowest BCUT2D eigenvalue weighted by Gasteiger charge is -2.10. The number of ether oxygens (including phenoxy) is 1. The van der Waals surface area contributed by atoms with Gasteiger partial charge in [0, 0.05) is 17.9 Å². The number of rotatable bonds is 4. The van der Waals surface area contributed by atoms with E-state index in [1.54, 1.807) is 0 Å². The summed E-state index contributed by atoms with van der Waals surface area (Å²) in [5.41, 5.74) is -0.502. The minimum atomic E-state index is -1.46. The molecule has 2 atom stereocenters. The molecule has 0 amide bonds. The van der Waals surface area contributed by atoms with Gasteiger partial charge in [0.05, 0.1) is 7.11 Å². The van der Waals surface area contributed by atoms with Crippen LogP contribution in [0.1, 0.15) is 18.8 Å². The van der Waals surface area contributed by atoms with Gasteiger partial charge in [-0.25, -0.2) is 0 Å². The van der Waals surface area contributed by atoms with Crippen LogP contribution >= 0.6 is 0 Å². The van der Waals surface area contributed by atoms with E-state index in [-0.39, 0.29) is 11.5 Å². The highest BCUT2D eigenvalue weighted by Crippen LogP contribution is 2.18. The molecule has 0 aromatic carbocycles. The molecule has 7 heteroatoms. The summed E-state index contributed by atoms with van der Waals surface area (Å²) in [6.07, 6.45) is -0.457. The zero-order chi connectivity index (χ0) is 12.3. The van der Waals surface area contributed by atoms with Crippen molar-refractivity contribution in [1.29, 1.82) is 0 Å². The summed E-state index contributed by atoms with van der Waals surface area (Å²) in [7, 11) is 1.29. The maximum atomic E-state index is 11.3. The van der Waals surface area contributed by atoms with Crippen LogP contribution in [0, 0.1) is 10.1 Å². The van der Waals surface area contributed by atoms with Gasteiger partial charge in [0.25, 0.3) is 0 Å². The van der Waals surface area contributed by atoms with Crippen LogP contribution in [0.4, 0.5) is 0 Å². The second kappa shape index (κ2) is 4.75. The number of aliphatic hydroxyl groups is 1. The smallest absolute Gasteiger partial charge is 0.243 e. The molecule has 0 aliphatic heterocycles. The molecule has 0 aliphatic carbocycles. The fourth-order valence-electron chi connectivity index (χ4n) is 1.07. The van der Waals surface area contributed by atoms with Crippen molar-refractivity contribution < 1.29 is 19.2 Å². The van der Waals surface area contributed by atoms with E-state index in [0.717, 1.165) is 12.3 Å². The van der Waals surface area contributed by atoms with Gasteiger partial charge in [0.15, 0.2) is 6.10 Å². The van der Waals surface area contributed by atoms with Crippen LogP contribution in [0.5, 0.6) is 5.75 Å². The Morgan fingerprint density at radius 2 is 2.25 bits per heavy atom. The van der Waals surface area contributed by atoms with E-state index in [4.69, 9.17) is 4.42 Å². The lowest BCUT2D eigenvalue weighted by atomic mass is 10.1. The monoisotopic (exact) mass is 229 g/mol. The predicted molar refractivity (Wildman–Crippen MR) is 52.9 cm³/mol. The van der Waals surface area contributed by atoms with Crippen molar-refractivity contribution in [1.82, 2.24) is 0 Å². The molecule has 88 valence electrons. The first-order valence-corrected chi connectivity index (χ1v) is 4.45. The number of hydrogen-bond donors (Lipinski definition) is 1. The lowest BCUT2D eigenvalue weighted by Crippen LogP contribution is -2.24. The van der Waals surface area contributed by atoms with Gasteiger partial charge in [-0.1, -0.05) is 0 Å². The Balaban J connectivity index is 3.02. The van der Waals surface area contributed by atoms with Crippen molar-refractivity contribution in [2.45, 2.75) is 19.1 Å². The number of nitro groups is 1. The van der Waals surface area contributed by atoms with Crippen LogP contribution in [0.15, 0.2) is 21.5 Å². The van der Waals surface area contributed by atoms with Crippen molar-refractivity contribution in [3.05, 3.63) is 38.4 Å². The van der Waals surface area contributed by atoms with E-state index in [1.807, 2.05) is 0 Å². The molecule has 1 heterocycles. The summed E-state index contributed by atoms with van der Waals surface area (Å²) >= 11 is 0. The molecule has 0 aliphatic rings. The van der Waals surface area contributed by atoms with Crippen LogP contribution in [-0.2, 0) is 0 Å². The van der Waals surface area contributed by atoms with Crippen molar-refractivity contribution >= 4 is 0 Å². The molecule has 2 unspecified atom stereocenters. The third-order valence-electron chi connectivity index (χ3n) is 2.12. The third kappa shape index (κ3) is 2.37. The zero-order valence-corrected chi connectivity index (χ0v) is 8.75. The van der Waals surface area contributed by atoms with Crippen molar-refractivity contribution in [2.24, 2.45) is 0 Å². The molecule has 0 spiro atoms. The van der Waals surface area contributed by atoms with Gasteiger partial charge in [-0.2, -0.15) is 0 Å². The molecular weight excluding hydrogens is 218 g/mol. The van der Waals surface area contributed by atoms with Crippen molar-refractivity contribution in [2.75, 3.05) is 7.11 Å². The topological polar surface area (TPSA) is 103 Å². The van der Waals surface area contributed by atoms with E-state index in [9.17, 15) is 20.0 Å². The van der Waals surface area contributed by atoms with Gasteiger partial charge in [0.1, 0.15) is 12.0 Å². The standard InChI is InChI=1S/C9H11NO6/c1-5(10(13)14)9(12)7-3-6(11)8(15-2)4-16-7/h3-5,9,12H,1-2H3. The summed E-state index contributed by atoms with van der Waals surface area (Å²) < 4.78 is 9.55. The van der Waals surface area contributed by atoms with Crippen molar-refractivity contribution in [3.63, 3.8) is 0 Å². The fourth-order valence-corrected chi connectivity index (χ4v) is 1.07. The van der Waals surface area contributed by atoms with Gasteiger partial charge in [-0.05, 0) is 0 Å². The first kappa shape index (κ1) is 12.2. The molecule has 0 fully saturated rings. The highest BCUT2D eigenvalue weighted by atomic mass is 16.6. The lowest BCUT2D eigenvalue weighted by molar-refractivity contribution is -0.531. The van der Waals surface area contributed by atoms with E-state index in [1.165, 1.54) is 14.0 Å². The maximum Gasteiger partial charge on any atom is 0.243 e. The first-order valence-electron chi connectivity index (χ1n) is 4.45. The number of hydrogen-bond acceptors (Lipinski definition) is 6. The Kier molecular flexibility index (Phi) is 3.62. The van der Waals surface area contributed by atoms with Crippen molar-refractivity contribution in [3.8, 4) is 5.75 Å². The summed E-state index contributed by atoms with van der Waals surface area (Å²) in [5, 5.41) is 20.0. The van der Waals surface area contributed by atoms with Crippen LogP contribution < -0.4 is 10.2 Å². The largest absolute Gasteiger partial charge is 0.490 e. The Hall–Kier alpha value is -1.89. The zero-order valence-electron chi connectivity index (χ0n) is 8.75. The molecule has 1 aromatic heterocycles. The molecule has 1 N–H and O–H groups in total. The van der Waals surface area contributed by atoms with E-state index in [0.29, 0.717) is 0 Å². The molecule has 1 aromatic rings. The van der Waals surface area contributed by atoms with Crippen LogP contribution in [0.3, 0.4) is 0 Å². The number of methoxy groups -OCH3 is 1. The first-order chi connectivity index (χ1) is 7.47. The Morgan fingerprint density at radius 1 is 1.62 bits per heavy atom. The summed E-state index contributed by atoms with van der Waals surface area (Å²) in [4.78, 5) is 21.1. The van der Waals surface area contributed by atoms with Gasteiger partial charge < -0.3 is 14.3 Å². The van der Waals surface area contributed by atoms with E-state index < -0.39 is 22.5 Å². The normalized spacial score (nSPS) is 14.2. The molecule has 7 nitrogen and oxygen atoms in total. The van der Waals surface area contributed by atoms with Gasteiger partial charge in [0.2, 0.25) is 17.2 Å². The highest BCUT2D eigenvalue weighted by Gasteiger charge is 2.28. The average molecular weight is 229 g/mol. The predicted octanol–water partition coefficient (Wildman–Crippen LogP) is 0.347. The fraction of sp³-hybridized carbons (Fsp3) is 0.444. The summed E-state index contributed by atoms with van der Waals surface area (Å²) in [6, 6.07) is -0.278. The third-order valence-corrected chi connectivity index (χ3v) is 2.12. The van der Waals surface area contributed by atoms with E-state index in [2.05, 4.69) is 4.74 Å². The summed E-state index contributed by atoms with van der Waals surface area (Å²) in [6.45, 7) is 1.22. The van der Waals surface area contributed by atoms with E-state index >= 15 is 0 Å². The molecule has 0 bridgehead atoms. The second-order valence-electron chi connectivity index (χ2n) is 3.19. The molecule has 0 saturated heterocycles.